The second kappa shape index (κ2) is 11.7. The van der Waals surface area contributed by atoms with E-state index >= 15 is 4.39 Å². The number of hydrogen-bond donors (Lipinski definition) is 1. The molecule has 0 heterocycles. The lowest BCUT2D eigenvalue weighted by molar-refractivity contribution is 0.278. The van der Waals surface area contributed by atoms with E-state index in [1.807, 2.05) is 36.4 Å². The number of hydrogen-bond acceptors (Lipinski definition) is 1. The van der Waals surface area contributed by atoms with Crippen LogP contribution in [0, 0.1) is 11.2 Å². The Bertz CT molecular complexity index is 2140. The predicted molar refractivity (Wildman–Crippen MR) is 222 cm³/mol. The minimum Gasteiger partial charge on any atom is -0.507 e. The molecule has 0 aliphatic heterocycles. The van der Waals surface area contributed by atoms with Crippen molar-refractivity contribution in [3.63, 3.8) is 0 Å². The van der Waals surface area contributed by atoms with Crippen LogP contribution in [-0.4, -0.2) is 5.11 Å². The van der Waals surface area contributed by atoms with E-state index < -0.39 is 5.41 Å². The molecule has 0 amide bonds. The van der Waals surface area contributed by atoms with E-state index in [9.17, 15) is 5.11 Å². The van der Waals surface area contributed by atoms with Crippen molar-refractivity contribution in [2.75, 3.05) is 0 Å². The maximum absolute atomic E-state index is 18.1. The van der Waals surface area contributed by atoms with Gasteiger partial charge < -0.3 is 5.11 Å². The first-order valence-electron chi connectivity index (χ1n) is 19.7. The normalized spacial score (nSPS) is 19.0. The Hall–Kier alpha value is -3.65. The monoisotopic (exact) mass is 696 g/mol. The van der Waals surface area contributed by atoms with Crippen molar-refractivity contribution in [1.29, 1.82) is 0 Å². The van der Waals surface area contributed by atoms with Crippen molar-refractivity contribution < 1.29 is 9.50 Å². The maximum Gasteiger partial charge on any atom is 0.138 e. The van der Waals surface area contributed by atoms with Gasteiger partial charge in [0.1, 0.15) is 11.6 Å². The quantitative estimate of drug-likeness (QED) is 0.185. The van der Waals surface area contributed by atoms with E-state index in [-0.39, 0.29) is 38.6 Å². The molecule has 0 saturated carbocycles. The van der Waals surface area contributed by atoms with Crippen molar-refractivity contribution in [1.82, 2.24) is 0 Å². The van der Waals surface area contributed by atoms with Crippen LogP contribution in [0.5, 0.6) is 5.75 Å². The molecule has 274 valence electrons. The fraction of sp³-hybridized carbons (Fsp3) is 0.480. The van der Waals surface area contributed by atoms with E-state index in [1.165, 1.54) is 22.3 Å². The molecule has 0 spiro atoms. The van der Waals surface area contributed by atoms with E-state index in [1.54, 1.807) is 0 Å². The van der Waals surface area contributed by atoms with Crippen LogP contribution in [0.3, 0.4) is 0 Å². The highest BCUT2D eigenvalue weighted by Crippen LogP contribution is 2.55. The number of benzene rings is 5. The van der Waals surface area contributed by atoms with Crippen molar-refractivity contribution >= 4 is 21.5 Å². The highest BCUT2D eigenvalue weighted by Gasteiger charge is 2.40. The fourth-order valence-corrected chi connectivity index (χ4v) is 10.1. The van der Waals surface area contributed by atoms with Gasteiger partial charge in [0.2, 0.25) is 0 Å². The van der Waals surface area contributed by atoms with Gasteiger partial charge in [-0.2, -0.15) is 0 Å². The Morgan fingerprint density at radius 3 is 1.42 bits per heavy atom. The molecule has 0 aromatic heterocycles. The van der Waals surface area contributed by atoms with Gasteiger partial charge in [0.15, 0.2) is 0 Å². The number of fused-ring (bicyclic) bond motifs is 4. The smallest absolute Gasteiger partial charge is 0.138 e. The van der Waals surface area contributed by atoms with Crippen LogP contribution in [-0.2, 0) is 27.1 Å². The van der Waals surface area contributed by atoms with Crippen molar-refractivity contribution in [3.8, 4) is 28.0 Å². The third-order valence-electron chi connectivity index (χ3n) is 13.2. The van der Waals surface area contributed by atoms with Crippen LogP contribution in [0.15, 0.2) is 66.7 Å². The molecule has 1 nitrogen and oxygen atoms in total. The summed E-state index contributed by atoms with van der Waals surface area (Å²) in [4.78, 5) is 0. The van der Waals surface area contributed by atoms with Gasteiger partial charge in [0.25, 0.3) is 0 Å². The van der Waals surface area contributed by atoms with Crippen LogP contribution >= 0.6 is 0 Å². The second-order valence-corrected chi connectivity index (χ2v) is 21.0. The van der Waals surface area contributed by atoms with Gasteiger partial charge in [-0.3, -0.25) is 0 Å². The first-order valence-corrected chi connectivity index (χ1v) is 19.7. The van der Waals surface area contributed by atoms with Gasteiger partial charge in [-0.15, -0.1) is 0 Å². The molecule has 0 unspecified atom stereocenters. The molecule has 0 bridgehead atoms. The molecular formula is C50H61FO. The molecule has 0 radical (unpaired) electrons. The Balaban J connectivity index is 1.71. The van der Waals surface area contributed by atoms with Crippen LogP contribution in [0.1, 0.15) is 150 Å². The highest BCUT2D eigenvalue weighted by atomic mass is 19.1. The molecule has 5 aromatic carbocycles. The topological polar surface area (TPSA) is 20.2 Å². The lowest BCUT2D eigenvalue weighted by atomic mass is 9.62. The SMILES string of the molecule is CC(C)(C)CC(C)(C)c1cc(-c2ccccc2)c(O)c(-c2c3cc4c(cc3cc3cc5c(cc23)C(C)(C)CCC5(C)C)C(C)(C)CCC4(C)C)c1F. The first-order chi connectivity index (χ1) is 23.9. The van der Waals surface area contributed by atoms with Gasteiger partial charge in [-0.1, -0.05) is 132 Å². The van der Waals surface area contributed by atoms with E-state index in [0.717, 1.165) is 64.8 Å². The zero-order valence-electron chi connectivity index (χ0n) is 34.2. The summed E-state index contributed by atoms with van der Waals surface area (Å²) in [6.45, 7) is 29.9. The number of rotatable bonds is 4. The molecule has 52 heavy (non-hydrogen) atoms. The Kier molecular flexibility index (Phi) is 8.24. The van der Waals surface area contributed by atoms with E-state index in [0.29, 0.717) is 16.7 Å². The summed E-state index contributed by atoms with van der Waals surface area (Å²) < 4.78 is 18.1. The van der Waals surface area contributed by atoms with E-state index in [2.05, 4.69) is 120 Å². The van der Waals surface area contributed by atoms with Crippen molar-refractivity contribution in [2.24, 2.45) is 5.41 Å². The standard InChI is InChI=1S/C50H61FO/c1-45(2,3)29-50(12,13)40-28-35(30-17-15-14-16-18-30)44(52)42(43(40)51)41-33-26-38-36(46(4,5)19-21-48(38,8)9)24-31(33)23-32-25-37-39(27-34(32)41)49(10,11)22-20-47(37,6)7/h14-18,23-28,52H,19-22,29H2,1-13H3. The molecule has 0 saturated heterocycles. The minimum absolute atomic E-state index is 0.0161. The van der Waals surface area contributed by atoms with Crippen LogP contribution < -0.4 is 0 Å². The summed E-state index contributed by atoms with van der Waals surface area (Å²) in [5.74, 6) is -0.294. The zero-order valence-corrected chi connectivity index (χ0v) is 34.2. The maximum atomic E-state index is 18.1. The van der Waals surface area contributed by atoms with Gasteiger partial charge in [0.05, 0.1) is 5.56 Å². The molecule has 1 N–H and O–H groups in total. The summed E-state index contributed by atoms with van der Waals surface area (Å²) in [6, 6.07) is 23.9. The van der Waals surface area contributed by atoms with Gasteiger partial charge in [0, 0.05) is 11.1 Å². The Morgan fingerprint density at radius 2 is 1.00 bits per heavy atom. The van der Waals surface area contributed by atoms with Crippen molar-refractivity contribution in [2.45, 2.75) is 149 Å². The van der Waals surface area contributed by atoms with Crippen LogP contribution in [0.4, 0.5) is 4.39 Å². The molecule has 2 heteroatoms. The number of halogens is 1. The summed E-state index contributed by atoms with van der Waals surface area (Å²) in [7, 11) is 0. The van der Waals surface area contributed by atoms with Crippen molar-refractivity contribution in [3.05, 3.63) is 100 Å². The fourth-order valence-electron chi connectivity index (χ4n) is 10.1. The Labute approximate surface area is 313 Å². The molecule has 5 aromatic rings. The zero-order chi connectivity index (χ0) is 38.0. The van der Waals surface area contributed by atoms with Crippen LogP contribution in [0.25, 0.3) is 43.8 Å². The molecule has 0 fully saturated rings. The minimum atomic E-state index is -0.495. The number of aromatic hydroxyl groups is 1. The number of phenolic OH excluding ortho intramolecular Hbond substituents is 1. The Morgan fingerprint density at radius 1 is 0.577 bits per heavy atom. The largest absolute Gasteiger partial charge is 0.507 e. The average molecular weight is 697 g/mol. The predicted octanol–water partition coefficient (Wildman–Crippen LogP) is 14.6. The van der Waals surface area contributed by atoms with E-state index in [4.69, 9.17) is 0 Å². The summed E-state index contributed by atoms with van der Waals surface area (Å²) >= 11 is 0. The second-order valence-electron chi connectivity index (χ2n) is 21.0. The lowest BCUT2D eigenvalue weighted by Gasteiger charge is -2.43. The van der Waals surface area contributed by atoms with Crippen LogP contribution in [0.2, 0.25) is 0 Å². The summed E-state index contributed by atoms with van der Waals surface area (Å²) in [5.41, 5.74) is 8.29. The highest BCUT2D eigenvalue weighted by molar-refractivity contribution is 6.15. The third-order valence-corrected chi connectivity index (χ3v) is 13.2. The lowest BCUT2D eigenvalue weighted by Crippen LogP contribution is -2.34. The molecular weight excluding hydrogens is 636 g/mol. The molecule has 2 aliphatic carbocycles. The molecule has 2 aliphatic rings. The van der Waals surface area contributed by atoms with Gasteiger partial charge in [-0.25, -0.2) is 4.39 Å². The summed E-state index contributed by atoms with van der Waals surface area (Å²) in [5, 5.41) is 16.9. The number of phenols is 1. The van der Waals surface area contributed by atoms with Gasteiger partial charge >= 0.3 is 0 Å². The first kappa shape index (κ1) is 36.7. The average Bonchev–Trinajstić information content (AvgIpc) is 3.03. The van der Waals surface area contributed by atoms with Gasteiger partial charge in [-0.05, 0) is 144 Å². The summed E-state index contributed by atoms with van der Waals surface area (Å²) in [6.07, 6.45) is 5.21. The molecule has 7 rings (SSSR count). The third kappa shape index (κ3) is 5.97. The molecule has 0 atom stereocenters.